The standard InChI is InChI=1S/C13H14BBrO3/c1-7-4-11(17)13(6-9(7)15)18-12-5-8(14)2-3-10(12)16/h2-3,5-7,16-17H,4,14H2,1H3. The van der Waals surface area contributed by atoms with Crippen molar-refractivity contribution in [3.8, 4) is 11.5 Å². The van der Waals surface area contributed by atoms with Crippen molar-refractivity contribution in [3.05, 3.63) is 40.3 Å². The van der Waals surface area contributed by atoms with E-state index < -0.39 is 0 Å². The summed E-state index contributed by atoms with van der Waals surface area (Å²) >= 11 is 3.44. The van der Waals surface area contributed by atoms with Crippen molar-refractivity contribution in [1.82, 2.24) is 0 Å². The molecule has 0 amide bonds. The van der Waals surface area contributed by atoms with E-state index in [4.69, 9.17) is 4.74 Å². The van der Waals surface area contributed by atoms with Crippen LogP contribution in [0.25, 0.3) is 0 Å². The Hall–Kier alpha value is -1.36. The van der Waals surface area contributed by atoms with Crippen molar-refractivity contribution in [2.24, 2.45) is 5.92 Å². The highest BCUT2D eigenvalue weighted by Gasteiger charge is 2.20. The number of benzene rings is 1. The fourth-order valence-electron chi connectivity index (χ4n) is 1.75. The molecule has 1 atom stereocenters. The first-order valence-corrected chi connectivity index (χ1v) is 6.53. The van der Waals surface area contributed by atoms with Gasteiger partial charge in [0.15, 0.2) is 17.3 Å². The summed E-state index contributed by atoms with van der Waals surface area (Å²) in [5, 5.41) is 19.6. The zero-order valence-electron chi connectivity index (χ0n) is 10.3. The normalized spacial score (nSPS) is 19.7. The predicted molar refractivity (Wildman–Crippen MR) is 77.4 cm³/mol. The largest absolute Gasteiger partial charge is 0.508 e. The summed E-state index contributed by atoms with van der Waals surface area (Å²) in [4.78, 5) is 0. The first-order valence-electron chi connectivity index (χ1n) is 5.74. The van der Waals surface area contributed by atoms with Crippen LogP contribution < -0.4 is 10.2 Å². The molecule has 2 N–H and O–H groups in total. The molecule has 0 bridgehead atoms. The number of aliphatic hydroxyl groups is 1. The van der Waals surface area contributed by atoms with Gasteiger partial charge in [-0.25, -0.2) is 0 Å². The van der Waals surface area contributed by atoms with Crippen molar-refractivity contribution in [1.29, 1.82) is 0 Å². The van der Waals surface area contributed by atoms with Crippen LogP contribution in [0.15, 0.2) is 40.3 Å². The van der Waals surface area contributed by atoms with E-state index in [0.717, 1.165) is 9.95 Å². The van der Waals surface area contributed by atoms with E-state index in [1.165, 1.54) is 0 Å². The second-order valence-electron chi connectivity index (χ2n) is 4.52. The quantitative estimate of drug-likeness (QED) is 0.823. The number of phenolic OH excluding ortho intramolecular Hbond substituents is 1. The molecule has 0 aromatic heterocycles. The maximum atomic E-state index is 9.89. The molecule has 1 aromatic rings. The first kappa shape index (κ1) is 13.1. The number of hydrogen-bond donors (Lipinski definition) is 2. The van der Waals surface area contributed by atoms with E-state index in [2.05, 4.69) is 15.9 Å². The molecule has 0 saturated heterocycles. The molecule has 3 nitrogen and oxygen atoms in total. The summed E-state index contributed by atoms with van der Waals surface area (Å²) in [6, 6.07) is 5.10. The van der Waals surface area contributed by atoms with Gasteiger partial charge < -0.3 is 14.9 Å². The summed E-state index contributed by atoms with van der Waals surface area (Å²) in [5.74, 6) is 1.22. The Morgan fingerprint density at radius 2 is 2.11 bits per heavy atom. The van der Waals surface area contributed by atoms with Gasteiger partial charge in [-0.2, -0.15) is 0 Å². The van der Waals surface area contributed by atoms with Crippen molar-refractivity contribution >= 4 is 29.2 Å². The second kappa shape index (κ2) is 5.10. The van der Waals surface area contributed by atoms with Crippen LogP contribution >= 0.6 is 15.9 Å². The second-order valence-corrected chi connectivity index (χ2v) is 5.43. The third kappa shape index (κ3) is 2.72. The highest BCUT2D eigenvalue weighted by molar-refractivity contribution is 9.11. The van der Waals surface area contributed by atoms with Crippen LogP contribution in [-0.2, 0) is 0 Å². The number of aromatic hydroxyl groups is 1. The first-order chi connectivity index (χ1) is 8.47. The molecular formula is C13H14BBrO3. The number of aliphatic hydroxyl groups excluding tert-OH is 1. The number of rotatable bonds is 2. The summed E-state index contributed by atoms with van der Waals surface area (Å²) in [5.41, 5.74) is 0.982. The Morgan fingerprint density at radius 3 is 2.83 bits per heavy atom. The molecule has 0 saturated carbocycles. The smallest absolute Gasteiger partial charge is 0.168 e. The SMILES string of the molecule is Bc1ccc(O)c(OC2=C(O)CC(C)C(Br)=C2)c1. The fourth-order valence-corrected chi connectivity index (χ4v) is 2.12. The maximum Gasteiger partial charge on any atom is 0.168 e. The van der Waals surface area contributed by atoms with E-state index in [0.29, 0.717) is 17.9 Å². The van der Waals surface area contributed by atoms with Crippen LogP contribution in [0.2, 0.25) is 0 Å². The van der Waals surface area contributed by atoms with Gasteiger partial charge in [-0.3, -0.25) is 0 Å². The van der Waals surface area contributed by atoms with Gasteiger partial charge in [0.1, 0.15) is 13.6 Å². The third-order valence-corrected chi connectivity index (χ3v) is 3.87. The molecule has 1 aliphatic rings. The lowest BCUT2D eigenvalue weighted by Gasteiger charge is -2.19. The Balaban J connectivity index is 2.29. The fraction of sp³-hybridized carbons (Fsp3) is 0.231. The van der Waals surface area contributed by atoms with Gasteiger partial charge in [0.2, 0.25) is 0 Å². The van der Waals surface area contributed by atoms with Crippen LogP contribution in [0.3, 0.4) is 0 Å². The van der Waals surface area contributed by atoms with Crippen LogP contribution in [0.4, 0.5) is 0 Å². The van der Waals surface area contributed by atoms with Gasteiger partial charge in [-0.1, -0.05) is 34.4 Å². The van der Waals surface area contributed by atoms with E-state index in [9.17, 15) is 10.2 Å². The molecule has 0 fully saturated rings. The molecule has 18 heavy (non-hydrogen) atoms. The molecule has 1 aromatic carbocycles. The Kier molecular flexibility index (Phi) is 3.71. The predicted octanol–water partition coefficient (Wildman–Crippen LogP) is 2.12. The third-order valence-electron chi connectivity index (χ3n) is 2.86. The number of phenols is 1. The number of ether oxygens (including phenoxy) is 1. The summed E-state index contributed by atoms with van der Waals surface area (Å²) < 4.78 is 6.55. The highest BCUT2D eigenvalue weighted by Crippen LogP contribution is 2.34. The molecule has 0 aliphatic heterocycles. The molecule has 0 spiro atoms. The van der Waals surface area contributed by atoms with E-state index >= 15 is 0 Å². The van der Waals surface area contributed by atoms with Crippen LogP contribution in [0.1, 0.15) is 13.3 Å². The van der Waals surface area contributed by atoms with Gasteiger partial charge in [-0.05, 0) is 24.1 Å². The maximum absolute atomic E-state index is 9.89. The average Bonchev–Trinajstić information content (AvgIpc) is 2.30. The monoisotopic (exact) mass is 308 g/mol. The number of allylic oxidation sites excluding steroid dienone is 3. The molecule has 0 radical (unpaired) electrons. The molecule has 94 valence electrons. The van der Waals surface area contributed by atoms with Gasteiger partial charge >= 0.3 is 0 Å². The lowest BCUT2D eigenvalue weighted by molar-refractivity contribution is 0.307. The van der Waals surface area contributed by atoms with Gasteiger partial charge in [0, 0.05) is 10.9 Å². The van der Waals surface area contributed by atoms with Gasteiger partial charge in [0.05, 0.1) is 0 Å². The van der Waals surface area contributed by atoms with Crippen LogP contribution in [0, 0.1) is 5.92 Å². The molecule has 0 heterocycles. The minimum absolute atomic E-state index is 0.0593. The van der Waals surface area contributed by atoms with Gasteiger partial charge in [0.25, 0.3) is 0 Å². The number of hydrogen-bond acceptors (Lipinski definition) is 3. The van der Waals surface area contributed by atoms with E-state index in [1.54, 1.807) is 24.3 Å². The topological polar surface area (TPSA) is 49.7 Å². The van der Waals surface area contributed by atoms with Crippen LogP contribution in [-0.4, -0.2) is 18.1 Å². The lowest BCUT2D eigenvalue weighted by atomic mass is 9.96. The molecule has 2 rings (SSSR count). The van der Waals surface area contributed by atoms with Gasteiger partial charge in [-0.15, -0.1) is 0 Å². The van der Waals surface area contributed by atoms with Crippen molar-refractivity contribution in [2.45, 2.75) is 13.3 Å². The zero-order valence-corrected chi connectivity index (χ0v) is 11.9. The minimum atomic E-state index is 0.0593. The van der Waals surface area contributed by atoms with Crippen molar-refractivity contribution in [3.63, 3.8) is 0 Å². The van der Waals surface area contributed by atoms with E-state index in [1.807, 2.05) is 14.8 Å². The Bertz CT molecular complexity index is 537. The Labute approximate surface area is 115 Å². The van der Waals surface area contributed by atoms with Crippen LogP contribution in [0.5, 0.6) is 11.5 Å². The molecule has 5 heteroatoms. The summed E-state index contributed by atoms with van der Waals surface area (Å²) in [6.45, 7) is 2.01. The number of halogens is 1. The molecule has 1 aliphatic carbocycles. The molecule has 1 unspecified atom stereocenters. The summed E-state index contributed by atoms with van der Waals surface area (Å²) in [7, 11) is 1.91. The zero-order chi connectivity index (χ0) is 13.3. The minimum Gasteiger partial charge on any atom is -0.508 e. The van der Waals surface area contributed by atoms with Crippen molar-refractivity contribution < 1.29 is 14.9 Å². The summed E-state index contributed by atoms with van der Waals surface area (Å²) in [6.07, 6.45) is 2.27. The Morgan fingerprint density at radius 1 is 1.39 bits per heavy atom. The van der Waals surface area contributed by atoms with E-state index in [-0.39, 0.29) is 17.4 Å². The lowest BCUT2D eigenvalue weighted by Crippen LogP contribution is -2.10. The van der Waals surface area contributed by atoms with Crippen molar-refractivity contribution in [2.75, 3.05) is 0 Å². The molecular weight excluding hydrogens is 295 g/mol. The average molecular weight is 309 g/mol. The highest BCUT2D eigenvalue weighted by atomic mass is 79.9.